The van der Waals surface area contributed by atoms with Crippen LogP contribution >= 0.6 is 19.3 Å². The molecule has 0 fully saturated rings. The van der Waals surface area contributed by atoms with Crippen molar-refractivity contribution in [1.82, 2.24) is 4.98 Å². The Balaban J connectivity index is 1.90. The molecule has 0 amide bonds. The highest BCUT2D eigenvalue weighted by Gasteiger charge is 2.20. The molecule has 23 heavy (non-hydrogen) atoms. The molecule has 0 aliphatic carbocycles. The summed E-state index contributed by atoms with van der Waals surface area (Å²) in [5.41, 5.74) is 2.39. The maximum Gasteiger partial charge on any atom is 0.125 e. The maximum absolute atomic E-state index is 4.95. The Hall–Kier alpha value is -2.02. The average molecular weight is 333 g/mol. The number of nitrogens with zero attached hydrogens (tertiary/aromatic N) is 1. The van der Waals surface area contributed by atoms with E-state index in [0.29, 0.717) is 0 Å². The number of rotatable bonds is 3. The van der Waals surface area contributed by atoms with Crippen molar-refractivity contribution in [3.05, 3.63) is 84.4 Å². The third-order valence-electron chi connectivity index (χ3n) is 3.75. The van der Waals surface area contributed by atoms with Gasteiger partial charge in [0, 0.05) is 7.92 Å². The van der Waals surface area contributed by atoms with Crippen LogP contribution in [-0.2, 0) is 0 Å². The highest BCUT2D eigenvalue weighted by Crippen LogP contribution is 2.36. The molecular weight excluding hydrogens is 317 g/mol. The predicted octanol–water partition coefficient (Wildman–Crippen LogP) is 4.36. The third-order valence-corrected chi connectivity index (χ3v) is 7.51. The number of fused-ring (bicyclic) bond motifs is 1. The van der Waals surface area contributed by atoms with Crippen LogP contribution in [0.25, 0.3) is 10.2 Å². The molecule has 4 aromatic rings. The van der Waals surface area contributed by atoms with Crippen LogP contribution in [0.5, 0.6) is 0 Å². The van der Waals surface area contributed by atoms with Gasteiger partial charge in [-0.05, 0) is 35.2 Å². The van der Waals surface area contributed by atoms with Crippen molar-refractivity contribution in [1.29, 1.82) is 0 Å². The Bertz CT molecular complexity index is 892. The highest BCUT2D eigenvalue weighted by atomic mass is 32.1. The molecule has 3 heteroatoms. The van der Waals surface area contributed by atoms with Crippen molar-refractivity contribution in [2.45, 2.75) is 6.92 Å². The smallest absolute Gasteiger partial charge is 0.125 e. The number of hydrogen-bond donors (Lipinski definition) is 0. The van der Waals surface area contributed by atoms with E-state index in [1.807, 2.05) is 11.3 Å². The summed E-state index contributed by atoms with van der Waals surface area (Å²) >= 11 is 1.83. The van der Waals surface area contributed by atoms with Crippen LogP contribution in [0.2, 0.25) is 0 Å². The number of hydrogen-bond acceptors (Lipinski definition) is 2. The monoisotopic (exact) mass is 333 g/mol. The molecule has 0 radical (unpaired) electrons. The minimum absolute atomic E-state index is 0.595. The second-order valence-corrected chi connectivity index (χ2v) is 8.93. The molecule has 0 aliphatic rings. The van der Waals surface area contributed by atoms with Crippen LogP contribution in [0, 0.1) is 6.92 Å². The summed E-state index contributed by atoms with van der Waals surface area (Å²) in [6.45, 7) is 2.13. The van der Waals surface area contributed by atoms with Crippen LogP contribution in [0.15, 0.2) is 78.9 Å². The molecule has 1 nitrogen and oxygen atoms in total. The minimum Gasteiger partial charge on any atom is -0.236 e. The number of benzene rings is 3. The van der Waals surface area contributed by atoms with Gasteiger partial charge >= 0.3 is 0 Å². The summed E-state index contributed by atoms with van der Waals surface area (Å²) in [5, 5.41) is 2.70. The van der Waals surface area contributed by atoms with Crippen LogP contribution in [-0.4, -0.2) is 4.98 Å². The summed E-state index contributed by atoms with van der Waals surface area (Å²) in [6, 6.07) is 28.0. The van der Waals surface area contributed by atoms with Gasteiger partial charge in [0.2, 0.25) is 0 Å². The van der Waals surface area contributed by atoms with Gasteiger partial charge in [0.25, 0.3) is 0 Å². The average Bonchev–Trinajstić information content (AvgIpc) is 2.99. The normalized spacial score (nSPS) is 11.2. The zero-order valence-corrected chi connectivity index (χ0v) is 14.5. The number of aromatic nitrogens is 1. The molecule has 0 spiro atoms. The number of thiazole rings is 1. The van der Waals surface area contributed by atoms with E-state index < -0.39 is 7.92 Å². The van der Waals surface area contributed by atoms with Gasteiger partial charge in [0.15, 0.2) is 0 Å². The van der Waals surface area contributed by atoms with Crippen LogP contribution < -0.4 is 15.4 Å². The fraction of sp³-hybridized carbons (Fsp3) is 0.0500. The molecule has 0 bridgehead atoms. The van der Waals surface area contributed by atoms with Gasteiger partial charge in [-0.25, -0.2) is 4.98 Å². The molecule has 1 aromatic heterocycles. The zero-order chi connectivity index (χ0) is 15.6. The minimum atomic E-state index is -0.595. The largest absolute Gasteiger partial charge is 0.236 e. The predicted molar refractivity (Wildman–Crippen MR) is 103 cm³/mol. The third kappa shape index (κ3) is 2.93. The van der Waals surface area contributed by atoms with E-state index in [1.165, 1.54) is 25.6 Å². The van der Waals surface area contributed by atoms with Gasteiger partial charge in [-0.2, -0.15) is 0 Å². The van der Waals surface area contributed by atoms with Crippen molar-refractivity contribution in [3.63, 3.8) is 0 Å². The zero-order valence-electron chi connectivity index (χ0n) is 12.8. The summed E-state index contributed by atoms with van der Waals surface area (Å²) in [5.74, 6) is 0. The molecule has 0 N–H and O–H groups in total. The van der Waals surface area contributed by atoms with E-state index in [-0.39, 0.29) is 0 Å². The molecule has 112 valence electrons. The number of aryl methyl sites for hydroxylation is 1. The van der Waals surface area contributed by atoms with Crippen LogP contribution in [0.3, 0.4) is 0 Å². The standard InChI is InChI=1S/C20H16NPS/c1-15-12-13-18-19(14-15)23-20(21-18)22(16-8-4-2-5-9-16)17-10-6-3-7-11-17/h2-14H,1H3. The Labute approximate surface area is 141 Å². The Morgan fingerprint density at radius 1 is 0.783 bits per heavy atom. The molecular formula is C20H16NPS. The molecule has 1 heterocycles. The highest BCUT2D eigenvalue weighted by molar-refractivity contribution is 7.84. The van der Waals surface area contributed by atoms with E-state index in [2.05, 4.69) is 85.8 Å². The topological polar surface area (TPSA) is 12.9 Å². The first-order chi connectivity index (χ1) is 11.3. The van der Waals surface area contributed by atoms with E-state index in [9.17, 15) is 0 Å². The van der Waals surface area contributed by atoms with Crippen molar-refractivity contribution >= 4 is 44.8 Å². The molecule has 0 saturated carbocycles. The first-order valence-corrected chi connectivity index (χ1v) is 9.74. The summed E-state index contributed by atoms with van der Waals surface area (Å²) in [7, 11) is -0.595. The summed E-state index contributed by atoms with van der Waals surface area (Å²) < 4.78 is 2.50. The van der Waals surface area contributed by atoms with E-state index in [0.717, 1.165) is 5.52 Å². The van der Waals surface area contributed by atoms with E-state index in [4.69, 9.17) is 4.98 Å². The van der Waals surface area contributed by atoms with Gasteiger partial charge < -0.3 is 0 Å². The van der Waals surface area contributed by atoms with Gasteiger partial charge in [-0.3, -0.25) is 0 Å². The van der Waals surface area contributed by atoms with Crippen LogP contribution in [0.4, 0.5) is 0 Å². The van der Waals surface area contributed by atoms with Crippen LogP contribution in [0.1, 0.15) is 5.56 Å². The van der Waals surface area contributed by atoms with Crippen molar-refractivity contribution in [2.24, 2.45) is 0 Å². The summed E-state index contributed by atoms with van der Waals surface area (Å²) in [6.07, 6.45) is 0. The lowest BCUT2D eigenvalue weighted by Gasteiger charge is -2.15. The molecule has 0 unspecified atom stereocenters. The van der Waals surface area contributed by atoms with Gasteiger partial charge in [-0.15, -0.1) is 11.3 Å². The van der Waals surface area contributed by atoms with E-state index >= 15 is 0 Å². The van der Waals surface area contributed by atoms with Crippen molar-refractivity contribution < 1.29 is 0 Å². The fourth-order valence-electron chi connectivity index (χ4n) is 2.64. The molecule has 0 saturated heterocycles. The Morgan fingerprint density at radius 2 is 1.39 bits per heavy atom. The molecule has 4 rings (SSSR count). The van der Waals surface area contributed by atoms with Crippen molar-refractivity contribution in [3.8, 4) is 0 Å². The van der Waals surface area contributed by atoms with E-state index in [1.54, 1.807) is 0 Å². The lowest BCUT2D eigenvalue weighted by atomic mass is 10.2. The van der Waals surface area contributed by atoms with Gasteiger partial charge in [0.05, 0.1) is 10.2 Å². The maximum atomic E-state index is 4.95. The van der Waals surface area contributed by atoms with Gasteiger partial charge in [0.1, 0.15) is 4.75 Å². The second kappa shape index (κ2) is 6.23. The Morgan fingerprint density at radius 3 is 2.00 bits per heavy atom. The summed E-state index contributed by atoms with van der Waals surface area (Å²) in [4.78, 5) is 4.95. The fourth-order valence-corrected chi connectivity index (χ4v) is 6.62. The molecule has 0 atom stereocenters. The molecule has 3 aromatic carbocycles. The lowest BCUT2D eigenvalue weighted by molar-refractivity contribution is 1.48. The lowest BCUT2D eigenvalue weighted by Crippen LogP contribution is -2.19. The molecule has 0 aliphatic heterocycles. The SMILES string of the molecule is Cc1ccc2nc(P(c3ccccc3)c3ccccc3)sc2c1. The van der Waals surface area contributed by atoms with Crippen molar-refractivity contribution in [2.75, 3.05) is 0 Å². The Kier molecular flexibility index (Phi) is 3.95. The quantitative estimate of drug-likeness (QED) is 0.508. The first-order valence-electron chi connectivity index (χ1n) is 7.59. The first kappa shape index (κ1) is 14.6. The van der Waals surface area contributed by atoms with Gasteiger partial charge in [-0.1, -0.05) is 66.7 Å². The second-order valence-electron chi connectivity index (χ2n) is 5.47.